The van der Waals surface area contributed by atoms with Crippen LogP contribution >= 0.6 is 0 Å². The summed E-state index contributed by atoms with van der Waals surface area (Å²) in [5.74, 6) is -0.232. The summed E-state index contributed by atoms with van der Waals surface area (Å²) >= 11 is 0. The lowest BCUT2D eigenvalue weighted by atomic mass is 10.0. The fourth-order valence-electron chi connectivity index (χ4n) is 3.48. The molecule has 2 aromatic carbocycles. The van der Waals surface area contributed by atoms with Crippen molar-refractivity contribution in [1.82, 2.24) is 19.4 Å². The molecule has 3 aromatic rings. The average Bonchev–Trinajstić information content (AvgIpc) is 3.24. The highest BCUT2D eigenvalue weighted by Crippen LogP contribution is 2.24. The number of amides is 1. The third kappa shape index (κ3) is 5.83. The maximum atomic E-state index is 13.0. The standard InChI is InChI=1S/C24H30N4O3S/c1-4-19-12-14-20(15-13-19)23-22(18-28(26-23)21-10-7-6-8-11-21)24(29)25-16-9-17-27(5-2)32(3,30)31/h6-8,10-15,18H,4-5,9,16-17H2,1-3H3,(H,25,29). The van der Waals surface area contributed by atoms with Crippen LogP contribution in [0.25, 0.3) is 16.9 Å². The molecule has 0 fully saturated rings. The van der Waals surface area contributed by atoms with Gasteiger partial charge in [0.05, 0.1) is 17.5 Å². The maximum Gasteiger partial charge on any atom is 0.255 e. The minimum atomic E-state index is -3.24. The van der Waals surface area contributed by atoms with E-state index in [0.29, 0.717) is 37.3 Å². The molecule has 0 saturated carbocycles. The average molecular weight is 455 g/mol. The van der Waals surface area contributed by atoms with E-state index in [2.05, 4.69) is 12.2 Å². The van der Waals surface area contributed by atoms with Crippen molar-refractivity contribution in [3.63, 3.8) is 0 Å². The van der Waals surface area contributed by atoms with Gasteiger partial charge in [0.2, 0.25) is 10.0 Å². The monoisotopic (exact) mass is 454 g/mol. The van der Waals surface area contributed by atoms with Gasteiger partial charge in [-0.2, -0.15) is 5.10 Å². The molecule has 0 atom stereocenters. The van der Waals surface area contributed by atoms with Crippen molar-refractivity contribution in [3.8, 4) is 16.9 Å². The SMILES string of the molecule is CCc1ccc(-c2nn(-c3ccccc3)cc2C(=O)NCCCN(CC)S(C)(=O)=O)cc1. The molecule has 3 rings (SSSR count). The maximum absolute atomic E-state index is 13.0. The number of aryl methyl sites for hydroxylation is 1. The number of hydrogen-bond donors (Lipinski definition) is 1. The number of aromatic nitrogens is 2. The summed E-state index contributed by atoms with van der Waals surface area (Å²) in [6, 6.07) is 17.7. The molecule has 0 aliphatic heterocycles. The Morgan fingerprint density at radius 2 is 1.75 bits per heavy atom. The van der Waals surface area contributed by atoms with E-state index in [1.165, 1.54) is 16.1 Å². The van der Waals surface area contributed by atoms with Crippen LogP contribution in [0, 0.1) is 0 Å². The molecule has 7 nitrogen and oxygen atoms in total. The molecule has 0 saturated heterocycles. The van der Waals surface area contributed by atoms with E-state index in [0.717, 1.165) is 17.7 Å². The van der Waals surface area contributed by atoms with Gasteiger partial charge in [-0.3, -0.25) is 4.79 Å². The summed E-state index contributed by atoms with van der Waals surface area (Å²) in [4.78, 5) is 13.0. The summed E-state index contributed by atoms with van der Waals surface area (Å²) in [5.41, 5.74) is 4.04. The zero-order valence-corrected chi connectivity index (χ0v) is 19.6. The largest absolute Gasteiger partial charge is 0.352 e. The number of nitrogens with one attached hydrogen (secondary N) is 1. The number of carbonyl (C=O) groups excluding carboxylic acids is 1. The highest BCUT2D eigenvalue weighted by Gasteiger charge is 2.19. The molecule has 170 valence electrons. The van der Waals surface area contributed by atoms with E-state index in [4.69, 9.17) is 5.10 Å². The predicted octanol–water partition coefficient (Wildman–Crippen LogP) is 3.50. The van der Waals surface area contributed by atoms with Crippen LogP contribution in [0.4, 0.5) is 0 Å². The van der Waals surface area contributed by atoms with Crippen LogP contribution in [-0.4, -0.2) is 54.3 Å². The molecule has 32 heavy (non-hydrogen) atoms. The number of para-hydroxylation sites is 1. The number of benzene rings is 2. The second-order valence-electron chi connectivity index (χ2n) is 7.59. The van der Waals surface area contributed by atoms with Crippen LogP contribution in [0.3, 0.4) is 0 Å². The molecule has 0 radical (unpaired) electrons. The normalized spacial score (nSPS) is 11.6. The Labute approximate surface area is 190 Å². The van der Waals surface area contributed by atoms with Crippen molar-refractivity contribution in [3.05, 3.63) is 71.9 Å². The molecule has 0 unspecified atom stereocenters. The molecular formula is C24H30N4O3S. The Morgan fingerprint density at radius 3 is 2.34 bits per heavy atom. The lowest BCUT2D eigenvalue weighted by Crippen LogP contribution is -2.33. The summed E-state index contributed by atoms with van der Waals surface area (Å²) in [6.45, 7) is 5.05. The van der Waals surface area contributed by atoms with E-state index in [1.807, 2.05) is 54.6 Å². The van der Waals surface area contributed by atoms with Crippen molar-refractivity contribution in [2.75, 3.05) is 25.9 Å². The Hall–Kier alpha value is -2.97. The molecule has 0 aliphatic rings. The summed E-state index contributed by atoms with van der Waals surface area (Å²) in [5, 5.41) is 7.61. The van der Waals surface area contributed by atoms with Crippen molar-refractivity contribution in [2.24, 2.45) is 0 Å². The van der Waals surface area contributed by atoms with Crippen LogP contribution in [0.5, 0.6) is 0 Å². The topological polar surface area (TPSA) is 84.3 Å². The Morgan fingerprint density at radius 1 is 1.06 bits per heavy atom. The summed E-state index contributed by atoms with van der Waals surface area (Å²) < 4.78 is 26.6. The minimum absolute atomic E-state index is 0.232. The highest BCUT2D eigenvalue weighted by atomic mass is 32.2. The van der Waals surface area contributed by atoms with Gasteiger partial charge in [0.25, 0.3) is 5.91 Å². The molecule has 1 aromatic heterocycles. The Kier molecular flexibility index (Phi) is 7.82. The quantitative estimate of drug-likeness (QED) is 0.475. The molecule has 0 aliphatic carbocycles. The fraction of sp³-hybridized carbons (Fsp3) is 0.333. The second kappa shape index (κ2) is 10.6. The first-order chi connectivity index (χ1) is 15.3. The Balaban J connectivity index is 1.80. The summed E-state index contributed by atoms with van der Waals surface area (Å²) in [7, 11) is -3.24. The van der Waals surface area contributed by atoms with Crippen LogP contribution in [0.2, 0.25) is 0 Å². The number of nitrogens with zero attached hydrogens (tertiary/aromatic N) is 3. The van der Waals surface area contributed by atoms with E-state index in [9.17, 15) is 13.2 Å². The number of rotatable bonds is 10. The van der Waals surface area contributed by atoms with Crippen molar-refractivity contribution < 1.29 is 13.2 Å². The van der Waals surface area contributed by atoms with Crippen molar-refractivity contribution in [1.29, 1.82) is 0 Å². The minimum Gasteiger partial charge on any atom is -0.352 e. The van der Waals surface area contributed by atoms with E-state index in [1.54, 1.807) is 17.8 Å². The summed E-state index contributed by atoms with van der Waals surface area (Å²) in [6.07, 6.45) is 4.40. The van der Waals surface area contributed by atoms with Crippen molar-refractivity contribution >= 4 is 15.9 Å². The number of carbonyl (C=O) groups is 1. The smallest absolute Gasteiger partial charge is 0.255 e. The van der Waals surface area contributed by atoms with Crippen molar-refractivity contribution in [2.45, 2.75) is 26.7 Å². The first kappa shape index (κ1) is 23.7. The molecule has 8 heteroatoms. The second-order valence-corrected chi connectivity index (χ2v) is 9.57. The molecule has 1 heterocycles. The first-order valence-corrected chi connectivity index (χ1v) is 12.7. The molecular weight excluding hydrogens is 424 g/mol. The number of sulfonamides is 1. The van der Waals surface area contributed by atoms with E-state index in [-0.39, 0.29) is 5.91 Å². The molecule has 0 bridgehead atoms. The van der Waals surface area contributed by atoms with E-state index < -0.39 is 10.0 Å². The number of hydrogen-bond acceptors (Lipinski definition) is 4. The van der Waals surface area contributed by atoms with Gasteiger partial charge in [0.15, 0.2) is 0 Å². The predicted molar refractivity (Wildman–Crippen MR) is 127 cm³/mol. The van der Waals surface area contributed by atoms with Gasteiger partial charge in [-0.25, -0.2) is 17.4 Å². The lowest BCUT2D eigenvalue weighted by Gasteiger charge is -2.17. The van der Waals surface area contributed by atoms with Gasteiger partial charge >= 0.3 is 0 Å². The Bertz CT molecular complexity index is 1140. The third-order valence-corrected chi connectivity index (χ3v) is 6.69. The van der Waals surface area contributed by atoms with Crippen LogP contribution in [-0.2, 0) is 16.4 Å². The molecule has 1 N–H and O–H groups in total. The fourth-order valence-corrected chi connectivity index (χ4v) is 4.41. The van der Waals surface area contributed by atoms with Gasteiger partial charge < -0.3 is 5.32 Å². The zero-order valence-electron chi connectivity index (χ0n) is 18.8. The van der Waals surface area contributed by atoms with Crippen LogP contribution in [0.1, 0.15) is 36.2 Å². The van der Waals surface area contributed by atoms with Gasteiger partial charge in [-0.15, -0.1) is 0 Å². The highest BCUT2D eigenvalue weighted by molar-refractivity contribution is 7.88. The van der Waals surface area contributed by atoms with Gasteiger partial charge in [-0.1, -0.05) is 56.3 Å². The van der Waals surface area contributed by atoms with Gasteiger partial charge in [-0.05, 0) is 30.5 Å². The van der Waals surface area contributed by atoms with Gasteiger partial charge in [0, 0.05) is 31.4 Å². The molecule has 1 amide bonds. The molecule has 0 spiro atoms. The lowest BCUT2D eigenvalue weighted by molar-refractivity contribution is 0.0953. The van der Waals surface area contributed by atoms with E-state index >= 15 is 0 Å². The first-order valence-electron chi connectivity index (χ1n) is 10.8. The van der Waals surface area contributed by atoms with Crippen LogP contribution in [0.15, 0.2) is 60.8 Å². The third-order valence-electron chi connectivity index (χ3n) is 5.31. The van der Waals surface area contributed by atoms with Crippen LogP contribution < -0.4 is 5.32 Å². The zero-order chi connectivity index (χ0) is 23.1. The van der Waals surface area contributed by atoms with Gasteiger partial charge in [0.1, 0.15) is 5.69 Å².